The summed E-state index contributed by atoms with van der Waals surface area (Å²) >= 11 is 0. The third-order valence-electron chi connectivity index (χ3n) is 2.01. The van der Waals surface area contributed by atoms with Gasteiger partial charge in [0, 0.05) is 18.8 Å². The van der Waals surface area contributed by atoms with Crippen molar-refractivity contribution >= 4 is 5.82 Å². The maximum atomic E-state index is 9.86. The van der Waals surface area contributed by atoms with Crippen LogP contribution in [0.5, 0.6) is 0 Å². The second kappa shape index (κ2) is 3.15. The Bertz CT molecular complexity index is 432. The van der Waals surface area contributed by atoms with Crippen molar-refractivity contribution in [2.24, 2.45) is 7.05 Å². The van der Waals surface area contributed by atoms with Gasteiger partial charge in [0.2, 0.25) is 0 Å². The lowest BCUT2D eigenvalue weighted by Crippen LogP contribution is -2.03. The number of aromatic nitrogens is 4. The summed E-state index contributed by atoms with van der Waals surface area (Å²) in [7, 11) is 1.79. The predicted octanol–water partition coefficient (Wildman–Crippen LogP) is -0.193. The molecule has 0 fully saturated rings. The standard InChI is InChI=1S/C8H11N5O/c1-13-3-2-6(12-13)7(14)5-4-10-11-8(5)9/h2-4,7,14H,1H3,(H3,9,10,11). The smallest absolute Gasteiger partial charge is 0.128 e. The van der Waals surface area contributed by atoms with Crippen LogP contribution in [0, 0.1) is 0 Å². The highest BCUT2D eigenvalue weighted by molar-refractivity contribution is 5.41. The molecular weight excluding hydrogens is 182 g/mol. The Morgan fingerprint density at radius 1 is 1.64 bits per heavy atom. The van der Waals surface area contributed by atoms with Crippen molar-refractivity contribution in [2.45, 2.75) is 6.10 Å². The van der Waals surface area contributed by atoms with Crippen LogP contribution in [0.1, 0.15) is 17.4 Å². The average molecular weight is 193 g/mol. The van der Waals surface area contributed by atoms with Crippen LogP contribution in [0.15, 0.2) is 18.5 Å². The van der Waals surface area contributed by atoms with E-state index in [0.717, 1.165) is 0 Å². The molecule has 0 aliphatic heterocycles. The van der Waals surface area contributed by atoms with Crippen LogP contribution in [-0.4, -0.2) is 25.1 Å². The Balaban J connectivity index is 2.33. The molecule has 6 heteroatoms. The molecule has 4 N–H and O–H groups in total. The van der Waals surface area contributed by atoms with Crippen molar-refractivity contribution in [2.75, 3.05) is 5.73 Å². The molecule has 2 rings (SSSR count). The van der Waals surface area contributed by atoms with E-state index in [1.54, 1.807) is 24.0 Å². The Hall–Kier alpha value is -1.82. The number of aryl methyl sites for hydroxylation is 1. The number of aromatic amines is 1. The van der Waals surface area contributed by atoms with Crippen LogP contribution in [0.3, 0.4) is 0 Å². The number of nitrogens with two attached hydrogens (primary N) is 1. The zero-order valence-corrected chi connectivity index (χ0v) is 7.68. The first-order valence-electron chi connectivity index (χ1n) is 4.15. The van der Waals surface area contributed by atoms with Crippen molar-refractivity contribution in [3.05, 3.63) is 29.7 Å². The van der Waals surface area contributed by atoms with Crippen LogP contribution < -0.4 is 5.73 Å². The lowest BCUT2D eigenvalue weighted by atomic mass is 10.1. The lowest BCUT2D eigenvalue weighted by Gasteiger charge is -2.05. The van der Waals surface area contributed by atoms with Crippen molar-refractivity contribution in [1.82, 2.24) is 20.0 Å². The summed E-state index contributed by atoms with van der Waals surface area (Å²) < 4.78 is 1.62. The number of anilines is 1. The zero-order valence-electron chi connectivity index (χ0n) is 7.68. The summed E-state index contributed by atoms with van der Waals surface area (Å²) in [4.78, 5) is 0. The molecule has 0 amide bonds. The van der Waals surface area contributed by atoms with Gasteiger partial charge in [0.05, 0.1) is 11.9 Å². The highest BCUT2D eigenvalue weighted by Crippen LogP contribution is 2.22. The van der Waals surface area contributed by atoms with Gasteiger partial charge >= 0.3 is 0 Å². The first kappa shape index (κ1) is 8.76. The lowest BCUT2D eigenvalue weighted by molar-refractivity contribution is 0.215. The summed E-state index contributed by atoms with van der Waals surface area (Å²) in [6, 6.07) is 1.73. The van der Waals surface area contributed by atoms with Crippen LogP contribution in [0.2, 0.25) is 0 Å². The van der Waals surface area contributed by atoms with Gasteiger partial charge in [-0.3, -0.25) is 9.78 Å². The number of aliphatic hydroxyl groups excluding tert-OH is 1. The fourth-order valence-corrected chi connectivity index (χ4v) is 1.26. The number of nitrogens with zero attached hydrogens (tertiary/aromatic N) is 3. The van der Waals surface area contributed by atoms with E-state index in [2.05, 4.69) is 15.3 Å². The quantitative estimate of drug-likeness (QED) is 0.616. The minimum Gasteiger partial charge on any atom is -0.384 e. The SMILES string of the molecule is Cn1ccc(C(O)c2cn[nH]c2N)n1. The molecule has 14 heavy (non-hydrogen) atoms. The summed E-state index contributed by atoms with van der Waals surface area (Å²) in [5, 5.41) is 20.2. The minimum absolute atomic E-state index is 0.364. The van der Waals surface area contributed by atoms with Gasteiger partial charge in [0.1, 0.15) is 11.9 Å². The molecule has 0 bridgehead atoms. The number of nitrogen functional groups attached to an aromatic ring is 1. The van der Waals surface area contributed by atoms with Gasteiger partial charge in [0.25, 0.3) is 0 Å². The molecule has 0 spiro atoms. The Labute approximate surface area is 80.4 Å². The third-order valence-corrected chi connectivity index (χ3v) is 2.01. The molecule has 74 valence electrons. The molecule has 0 saturated heterocycles. The molecular formula is C8H11N5O. The van der Waals surface area contributed by atoms with Crippen molar-refractivity contribution in [1.29, 1.82) is 0 Å². The van der Waals surface area contributed by atoms with E-state index in [1.807, 2.05) is 0 Å². The predicted molar refractivity (Wildman–Crippen MR) is 50.3 cm³/mol. The number of nitrogens with one attached hydrogen (secondary N) is 1. The largest absolute Gasteiger partial charge is 0.384 e. The second-order valence-corrected chi connectivity index (χ2v) is 3.06. The summed E-state index contributed by atoms with van der Waals surface area (Å²) in [5.41, 5.74) is 6.67. The molecule has 0 aromatic carbocycles. The molecule has 2 aromatic heterocycles. The second-order valence-electron chi connectivity index (χ2n) is 3.06. The highest BCUT2D eigenvalue weighted by Gasteiger charge is 2.17. The van der Waals surface area contributed by atoms with Gasteiger partial charge in [-0.2, -0.15) is 10.2 Å². The molecule has 0 aliphatic rings. The summed E-state index contributed by atoms with van der Waals surface area (Å²) in [6.45, 7) is 0. The van der Waals surface area contributed by atoms with E-state index in [9.17, 15) is 5.11 Å². The fourth-order valence-electron chi connectivity index (χ4n) is 1.26. The monoisotopic (exact) mass is 193 g/mol. The molecule has 1 atom stereocenters. The Morgan fingerprint density at radius 3 is 2.93 bits per heavy atom. The molecule has 2 aromatic rings. The van der Waals surface area contributed by atoms with Crippen molar-refractivity contribution in [3.63, 3.8) is 0 Å². The number of hydrogen-bond donors (Lipinski definition) is 3. The van der Waals surface area contributed by atoms with Crippen molar-refractivity contribution < 1.29 is 5.11 Å². The van der Waals surface area contributed by atoms with Gasteiger partial charge in [0.15, 0.2) is 0 Å². The van der Waals surface area contributed by atoms with E-state index in [1.165, 1.54) is 6.20 Å². The number of H-pyrrole nitrogens is 1. The highest BCUT2D eigenvalue weighted by atomic mass is 16.3. The molecule has 6 nitrogen and oxygen atoms in total. The number of hydrogen-bond acceptors (Lipinski definition) is 4. The van der Waals surface area contributed by atoms with E-state index < -0.39 is 6.10 Å². The number of rotatable bonds is 2. The fraction of sp³-hybridized carbons (Fsp3) is 0.250. The van der Waals surface area contributed by atoms with Crippen LogP contribution in [-0.2, 0) is 7.05 Å². The van der Waals surface area contributed by atoms with E-state index in [0.29, 0.717) is 17.1 Å². The van der Waals surface area contributed by atoms with Crippen molar-refractivity contribution in [3.8, 4) is 0 Å². The molecule has 0 aliphatic carbocycles. The summed E-state index contributed by atoms with van der Waals surface area (Å²) in [5.74, 6) is 0.364. The maximum Gasteiger partial charge on any atom is 0.128 e. The number of aliphatic hydroxyl groups is 1. The minimum atomic E-state index is -0.824. The van der Waals surface area contributed by atoms with Crippen LogP contribution in [0.25, 0.3) is 0 Å². The van der Waals surface area contributed by atoms with Gasteiger partial charge in [-0.15, -0.1) is 0 Å². The topological polar surface area (TPSA) is 92.8 Å². The van der Waals surface area contributed by atoms with Crippen LogP contribution >= 0.6 is 0 Å². The van der Waals surface area contributed by atoms with Crippen LogP contribution in [0.4, 0.5) is 5.82 Å². The first-order chi connectivity index (χ1) is 6.68. The normalized spacial score (nSPS) is 13.0. The summed E-state index contributed by atoms with van der Waals surface area (Å²) in [6.07, 6.45) is 2.43. The first-order valence-corrected chi connectivity index (χ1v) is 4.15. The van der Waals surface area contributed by atoms with E-state index in [4.69, 9.17) is 5.73 Å². The van der Waals surface area contributed by atoms with Gasteiger partial charge in [-0.25, -0.2) is 0 Å². The molecule has 2 heterocycles. The third kappa shape index (κ3) is 1.35. The Morgan fingerprint density at radius 2 is 2.43 bits per heavy atom. The molecule has 1 unspecified atom stereocenters. The van der Waals surface area contributed by atoms with E-state index in [-0.39, 0.29) is 0 Å². The molecule has 0 radical (unpaired) electrons. The van der Waals surface area contributed by atoms with E-state index >= 15 is 0 Å². The van der Waals surface area contributed by atoms with Gasteiger partial charge in [-0.1, -0.05) is 0 Å². The zero-order chi connectivity index (χ0) is 10.1. The molecule has 0 saturated carbocycles. The average Bonchev–Trinajstić information content (AvgIpc) is 2.73. The maximum absolute atomic E-state index is 9.86. The van der Waals surface area contributed by atoms with Gasteiger partial charge in [-0.05, 0) is 6.07 Å². The Kier molecular flexibility index (Phi) is 1.97. The van der Waals surface area contributed by atoms with Gasteiger partial charge < -0.3 is 10.8 Å².